The van der Waals surface area contributed by atoms with E-state index < -0.39 is 0 Å². The molecule has 0 aromatic heterocycles. The Morgan fingerprint density at radius 2 is 2.00 bits per heavy atom. The molecule has 0 aromatic carbocycles. The van der Waals surface area contributed by atoms with E-state index in [-0.39, 0.29) is 0 Å². The first-order valence-electron chi connectivity index (χ1n) is 5.64. The van der Waals surface area contributed by atoms with Gasteiger partial charge in [0.25, 0.3) is 0 Å². The molecular weight excluding hydrogens is 146 g/mol. The van der Waals surface area contributed by atoms with Gasteiger partial charge in [0.05, 0.1) is 0 Å². The van der Waals surface area contributed by atoms with Crippen LogP contribution in [0, 0.1) is 5.92 Å². The van der Waals surface area contributed by atoms with Crippen LogP contribution in [0.5, 0.6) is 0 Å². The Labute approximate surface area is 75.9 Å². The average molecular weight is 167 g/mol. The average Bonchev–Trinajstić information content (AvgIpc) is 2.77. The van der Waals surface area contributed by atoms with Crippen molar-refractivity contribution in [3.8, 4) is 0 Å². The lowest BCUT2D eigenvalue weighted by Crippen LogP contribution is -2.42. The van der Waals surface area contributed by atoms with Gasteiger partial charge in [-0.2, -0.15) is 0 Å². The van der Waals surface area contributed by atoms with E-state index in [2.05, 4.69) is 12.2 Å². The van der Waals surface area contributed by atoms with Gasteiger partial charge in [-0.1, -0.05) is 26.2 Å². The van der Waals surface area contributed by atoms with Crippen molar-refractivity contribution in [2.75, 3.05) is 0 Å². The highest BCUT2D eigenvalue weighted by Crippen LogP contribution is 2.34. The highest BCUT2D eigenvalue weighted by molar-refractivity contribution is 4.84. The summed E-state index contributed by atoms with van der Waals surface area (Å²) in [4.78, 5) is 0. The van der Waals surface area contributed by atoms with E-state index in [1.807, 2.05) is 0 Å². The zero-order valence-electron chi connectivity index (χ0n) is 8.18. The minimum atomic E-state index is 0.836. The summed E-state index contributed by atoms with van der Waals surface area (Å²) in [7, 11) is 0. The first-order valence-corrected chi connectivity index (χ1v) is 5.64. The SMILES string of the molecule is CCC(CC1CC1)NC1CCC1. The van der Waals surface area contributed by atoms with Crippen LogP contribution >= 0.6 is 0 Å². The zero-order valence-corrected chi connectivity index (χ0v) is 8.18. The molecule has 2 saturated carbocycles. The lowest BCUT2D eigenvalue weighted by molar-refractivity contribution is 0.287. The lowest BCUT2D eigenvalue weighted by Gasteiger charge is -2.31. The molecule has 0 heterocycles. The van der Waals surface area contributed by atoms with Crippen LogP contribution in [0.3, 0.4) is 0 Å². The molecule has 2 rings (SSSR count). The van der Waals surface area contributed by atoms with Crippen molar-refractivity contribution in [2.45, 2.75) is 64.0 Å². The number of hydrogen-bond donors (Lipinski definition) is 1. The second-order valence-corrected chi connectivity index (χ2v) is 4.58. The molecule has 1 nitrogen and oxygen atoms in total. The molecule has 0 aliphatic heterocycles. The first kappa shape index (κ1) is 8.55. The summed E-state index contributed by atoms with van der Waals surface area (Å²) < 4.78 is 0. The quantitative estimate of drug-likeness (QED) is 0.664. The zero-order chi connectivity index (χ0) is 8.39. The third-order valence-electron chi connectivity index (χ3n) is 3.38. The molecule has 0 saturated heterocycles. The van der Waals surface area contributed by atoms with Crippen LogP contribution < -0.4 is 5.32 Å². The molecule has 12 heavy (non-hydrogen) atoms. The Morgan fingerprint density at radius 1 is 1.25 bits per heavy atom. The Bertz CT molecular complexity index is 136. The molecule has 0 radical (unpaired) electrons. The minimum Gasteiger partial charge on any atom is -0.311 e. The maximum absolute atomic E-state index is 3.77. The summed E-state index contributed by atoms with van der Waals surface area (Å²) in [5, 5.41) is 3.77. The Balaban J connectivity index is 1.65. The fourth-order valence-corrected chi connectivity index (χ4v) is 2.02. The van der Waals surface area contributed by atoms with Gasteiger partial charge < -0.3 is 5.32 Å². The normalized spacial score (nSPS) is 26.8. The monoisotopic (exact) mass is 167 g/mol. The van der Waals surface area contributed by atoms with E-state index in [0.29, 0.717) is 0 Å². The summed E-state index contributed by atoms with van der Waals surface area (Å²) in [6.07, 6.45) is 10.1. The van der Waals surface area contributed by atoms with E-state index in [1.165, 1.54) is 44.9 Å². The van der Waals surface area contributed by atoms with Gasteiger partial charge in [0.1, 0.15) is 0 Å². The molecule has 1 atom stereocenters. The summed E-state index contributed by atoms with van der Waals surface area (Å²) in [5.74, 6) is 1.09. The molecule has 1 unspecified atom stereocenters. The topological polar surface area (TPSA) is 12.0 Å². The van der Waals surface area contributed by atoms with Crippen molar-refractivity contribution in [2.24, 2.45) is 5.92 Å². The van der Waals surface area contributed by atoms with Crippen molar-refractivity contribution in [3.05, 3.63) is 0 Å². The van der Waals surface area contributed by atoms with Crippen molar-refractivity contribution in [1.82, 2.24) is 5.32 Å². The Kier molecular flexibility index (Phi) is 2.69. The highest BCUT2D eigenvalue weighted by Gasteiger charge is 2.27. The van der Waals surface area contributed by atoms with Crippen LogP contribution in [0.15, 0.2) is 0 Å². The number of hydrogen-bond acceptors (Lipinski definition) is 1. The Hall–Kier alpha value is -0.0400. The number of rotatable bonds is 5. The van der Waals surface area contributed by atoms with Crippen molar-refractivity contribution >= 4 is 0 Å². The molecule has 1 heteroatoms. The van der Waals surface area contributed by atoms with Crippen LogP contribution in [0.1, 0.15) is 51.9 Å². The van der Waals surface area contributed by atoms with Gasteiger partial charge in [-0.3, -0.25) is 0 Å². The molecule has 2 fully saturated rings. The molecular formula is C11H21N. The maximum atomic E-state index is 3.77. The van der Waals surface area contributed by atoms with Gasteiger partial charge >= 0.3 is 0 Å². The fraction of sp³-hybridized carbons (Fsp3) is 1.00. The Morgan fingerprint density at radius 3 is 2.42 bits per heavy atom. The summed E-state index contributed by atoms with van der Waals surface area (Å²) in [5.41, 5.74) is 0. The second kappa shape index (κ2) is 3.78. The predicted octanol–water partition coefficient (Wildman–Crippen LogP) is 2.71. The first-order chi connectivity index (χ1) is 5.88. The van der Waals surface area contributed by atoms with E-state index in [0.717, 1.165) is 18.0 Å². The molecule has 70 valence electrons. The molecule has 0 aromatic rings. The van der Waals surface area contributed by atoms with Crippen molar-refractivity contribution in [3.63, 3.8) is 0 Å². The molecule has 0 spiro atoms. The van der Waals surface area contributed by atoms with Crippen LogP contribution in [-0.4, -0.2) is 12.1 Å². The summed E-state index contributed by atoms with van der Waals surface area (Å²) >= 11 is 0. The minimum absolute atomic E-state index is 0.836. The third kappa shape index (κ3) is 2.22. The molecule has 2 aliphatic rings. The van der Waals surface area contributed by atoms with Crippen LogP contribution in [0.4, 0.5) is 0 Å². The largest absolute Gasteiger partial charge is 0.311 e. The van der Waals surface area contributed by atoms with E-state index in [9.17, 15) is 0 Å². The van der Waals surface area contributed by atoms with Crippen molar-refractivity contribution < 1.29 is 0 Å². The van der Waals surface area contributed by atoms with Gasteiger partial charge in [0, 0.05) is 12.1 Å². The number of nitrogens with one attached hydrogen (secondary N) is 1. The van der Waals surface area contributed by atoms with Gasteiger partial charge in [-0.05, 0) is 31.6 Å². The lowest BCUT2D eigenvalue weighted by atomic mass is 9.91. The van der Waals surface area contributed by atoms with E-state index in [1.54, 1.807) is 0 Å². The summed E-state index contributed by atoms with van der Waals surface area (Å²) in [6, 6.07) is 1.72. The fourth-order valence-electron chi connectivity index (χ4n) is 2.02. The van der Waals surface area contributed by atoms with Crippen LogP contribution in [0.2, 0.25) is 0 Å². The highest BCUT2D eigenvalue weighted by atomic mass is 15.0. The molecule has 0 bridgehead atoms. The second-order valence-electron chi connectivity index (χ2n) is 4.58. The van der Waals surface area contributed by atoms with Gasteiger partial charge in [-0.25, -0.2) is 0 Å². The van der Waals surface area contributed by atoms with E-state index >= 15 is 0 Å². The standard InChI is InChI=1S/C11H21N/c1-2-10(8-9-6-7-9)12-11-4-3-5-11/h9-12H,2-8H2,1H3. The molecule has 0 amide bonds. The van der Waals surface area contributed by atoms with Crippen LogP contribution in [0.25, 0.3) is 0 Å². The molecule has 2 aliphatic carbocycles. The third-order valence-corrected chi connectivity index (χ3v) is 3.38. The van der Waals surface area contributed by atoms with Gasteiger partial charge in [0.15, 0.2) is 0 Å². The maximum Gasteiger partial charge on any atom is 0.00696 e. The smallest absolute Gasteiger partial charge is 0.00696 e. The van der Waals surface area contributed by atoms with Gasteiger partial charge in [0.2, 0.25) is 0 Å². The summed E-state index contributed by atoms with van der Waals surface area (Å²) in [6.45, 7) is 2.32. The van der Waals surface area contributed by atoms with Crippen molar-refractivity contribution in [1.29, 1.82) is 0 Å². The van der Waals surface area contributed by atoms with E-state index in [4.69, 9.17) is 0 Å². The van der Waals surface area contributed by atoms with Crippen LogP contribution in [-0.2, 0) is 0 Å². The molecule has 1 N–H and O–H groups in total. The van der Waals surface area contributed by atoms with Gasteiger partial charge in [-0.15, -0.1) is 0 Å². The predicted molar refractivity (Wildman–Crippen MR) is 52.2 cm³/mol.